The fraction of sp³-hybridized carbons (Fsp3) is 0.0625. The largest absolute Gasteiger partial charge is 0.292 e. The number of fused-ring (bicyclic) bond motifs is 1. The van der Waals surface area contributed by atoms with Crippen molar-refractivity contribution in [2.45, 2.75) is 6.54 Å². The average Bonchev–Trinajstić information content (AvgIpc) is 2.52. The van der Waals surface area contributed by atoms with E-state index < -0.39 is 17.5 Å². The van der Waals surface area contributed by atoms with Crippen molar-refractivity contribution < 1.29 is 8.78 Å². The van der Waals surface area contributed by atoms with Crippen LogP contribution in [0.25, 0.3) is 10.9 Å². The van der Waals surface area contributed by atoms with Crippen LogP contribution in [0.5, 0.6) is 0 Å². The minimum absolute atomic E-state index is 0.00385. The van der Waals surface area contributed by atoms with E-state index in [-0.39, 0.29) is 17.4 Å². The van der Waals surface area contributed by atoms with Crippen molar-refractivity contribution in [1.29, 1.82) is 5.26 Å². The van der Waals surface area contributed by atoms with Crippen molar-refractivity contribution in [3.05, 3.63) is 75.8 Å². The molecule has 4 nitrogen and oxygen atoms in total. The van der Waals surface area contributed by atoms with Gasteiger partial charge in [0.15, 0.2) is 0 Å². The van der Waals surface area contributed by atoms with Gasteiger partial charge in [0, 0.05) is 0 Å². The molecule has 1 aromatic heterocycles. The van der Waals surface area contributed by atoms with Gasteiger partial charge in [-0.05, 0) is 29.8 Å². The number of benzene rings is 2. The summed E-state index contributed by atoms with van der Waals surface area (Å²) in [5.74, 6) is -0.595. The highest BCUT2D eigenvalue weighted by molar-refractivity contribution is 5.77. The van der Waals surface area contributed by atoms with Gasteiger partial charge in [-0.2, -0.15) is 9.65 Å². The summed E-state index contributed by atoms with van der Waals surface area (Å²) in [6.07, 6.45) is -0.975. The first-order valence-electron chi connectivity index (χ1n) is 6.44. The van der Waals surface area contributed by atoms with Gasteiger partial charge < -0.3 is 0 Å². The Labute approximate surface area is 123 Å². The van der Waals surface area contributed by atoms with Crippen LogP contribution in [0.15, 0.2) is 47.3 Å². The van der Waals surface area contributed by atoms with E-state index in [0.717, 1.165) is 16.7 Å². The monoisotopic (exact) mass is 297 g/mol. The number of halogens is 2. The van der Waals surface area contributed by atoms with Gasteiger partial charge >= 0.3 is 0 Å². The smallest absolute Gasteiger partial charge is 0.268 e. The summed E-state index contributed by atoms with van der Waals surface area (Å²) in [7, 11) is 0. The van der Waals surface area contributed by atoms with Crippen LogP contribution in [0.2, 0.25) is 0 Å². The molecule has 0 radical (unpaired) electrons. The van der Waals surface area contributed by atoms with E-state index in [1.165, 1.54) is 6.07 Å². The van der Waals surface area contributed by atoms with Gasteiger partial charge in [0.1, 0.15) is 5.82 Å². The quantitative estimate of drug-likeness (QED) is 0.683. The summed E-state index contributed by atoms with van der Waals surface area (Å²) >= 11 is 0. The molecule has 108 valence electrons. The highest BCUT2D eigenvalue weighted by Gasteiger charge is 2.13. The highest BCUT2D eigenvalue weighted by atomic mass is 19.1. The maximum atomic E-state index is 14.1. The minimum Gasteiger partial charge on any atom is -0.268 e. The lowest BCUT2D eigenvalue weighted by Gasteiger charge is -2.09. The zero-order chi connectivity index (χ0) is 15.7. The third-order valence-electron chi connectivity index (χ3n) is 3.34. The van der Waals surface area contributed by atoms with Gasteiger partial charge in [0.05, 0.1) is 29.1 Å². The highest BCUT2D eigenvalue weighted by Crippen LogP contribution is 2.13. The van der Waals surface area contributed by atoms with Crippen LogP contribution in [0.3, 0.4) is 0 Å². The molecule has 0 saturated heterocycles. The number of hydrogen-bond donors (Lipinski definition) is 0. The van der Waals surface area contributed by atoms with E-state index in [9.17, 15) is 13.6 Å². The number of nitriles is 1. The summed E-state index contributed by atoms with van der Waals surface area (Å²) in [6.45, 7) is -0.145. The molecule has 0 N–H and O–H groups in total. The van der Waals surface area contributed by atoms with Gasteiger partial charge in [0.2, 0.25) is 0 Å². The third-order valence-corrected chi connectivity index (χ3v) is 3.34. The molecule has 0 bridgehead atoms. The molecule has 0 amide bonds. The van der Waals surface area contributed by atoms with E-state index >= 15 is 0 Å². The van der Waals surface area contributed by atoms with E-state index in [4.69, 9.17) is 5.26 Å². The van der Waals surface area contributed by atoms with Crippen LogP contribution < -0.4 is 5.56 Å². The van der Waals surface area contributed by atoms with Gasteiger partial charge in [-0.25, -0.2) is 9.37 Å². The molecule has 1 heterocycles. The van der Waals surface area contributed by atoms with Crippen LogP contribution in [-0.4, -0.2) is 9.55 Å². The molecule has 22 heavy (non-hydrogen) atoms. The number of rotatable bonds is 2. The Hall–Kier alpha value is -3.07. The lowest BCUT2D eigenvalue weighted by atomic mass is 10.1. The molecule has 0 aliphatic carbocycles. The number of aromatic nitrogens is 2. The topological polar surface area (TPSA) is 58.7 Å². The van der Waals surface area contributed by atoms with Crippen LogP contribution in [0, 0.1) is 23.2 Å². The number of nitrogens with zero attached hydrogens (tertiary/aromatic N) is 3. The molecular weight excluding hydrogens is 288 g/mol. The minimum atomic E-state index is -0.975. The van der Waals surface area contributed by atoms with Crippen molar-refractivity contribution in [1.82, 2.24) is 9.55 Å². The standard InChI is InChI=1S/C16H9F2N3O/c17-12-5-6-14-13(7-12)15(22)21(16(18)20-14)9-11-4-2-1-3-10(11)8-19/h1-7H,9H2. The lowest BCUT2D eigenvalue weighted by molar-refractivity contribution is 0.463. The van der Waals surface area contributed by atoms with E-state index in [1.54, 1.807) is 24.3 Å². The van der Waals surface area contributed by atoms with Crippen LogP contribution in [0.1, 0.15) is 11.1 Å². The number of hydrogen-bond acceptors (Lipinski definition) is 3. The summed E-state index contributed by atoms with van der Waals surface area (Å²) in [4.78, 5) is 16.0. The molecule has 0 aliphatic rings. The third kappa shape index (κ3) is 2.33. The van der Waals surface area contributed by atoms with Crippen molar-refractivity contribution in [3.8, 4) is 6.07 Å². The molecule has 0 spiro atoms. The SMILES string of the molecule is N#Cc1ccccc1Cn1c(F)nc2ccc(F)cc2c1=O. The van der Waals surface area contributed by atoms with E-state index in [0.29, 0.717) is 11.1 Å². The Balaban J connectivity index is 2.19. The zero-order valence-corrected chi connectivity index (χ0v) is 11.3. The van der Waals surface area contributed by atoms with Crippen molar-refractivity contribution in [2.75, 3.05) is 0 Å². The normalized spacial score (nSPS) is 10.6. The first-order chi connectivity index (χ1) is 10.6. The predicted molar refractivity (Wildman–Crippen MR) is 76.2 cm³/mol. The Morgan fingerprint density at radius 3 is 2.73 bits per heavy atom. The van der Waals surface area contributed by atoms with Crippen LogP contribution >= 0.6 is 0 Å². The molecule has 3 aromatic rings. The second kappa shape index (κ2) is 5.37. The molecule has 2 aromatic carbocycles. The van der Waals surface area contributed by atoms with Gasteiger partial charge in [-0.15, -0.1) is 0 Å². The Morgan fingerprint density at radius 1 is 1.18 bits per heavy atom. The second-order valence-corrected chi connectivity index (χ2v) is 4.70. The van der Waals surface area contributed by atoms with Gasteiger partial charge in [0.25, 0.3) is 11.6 Å². The summed E-state index contributed by atoms with van der Waals surface area (Å²) < 4.78 is 28.1. The lowest BCUT2D eigenvalue weighted by Crippen LogP contribution is -2.25. The Kier molecular flexibility index (Phi) is 3.39. The molecule has 0 atom stereocenters. The van der Waals surface area contributed by atoms with E-state index in [2.05, 4.69) is 4.98 Å². The summed E-state index contributed by atoms with van der Waals surface area (Å²) in [5.41, 5.74) is 0.236. The fourth-order valence-electron chi connectivity index (χ4n) is 2.24. The Bertz CT molecular complexity index is 973. The first-order valence-corrected chi connectivity index (χ1v) is 6.44. The Morgan fingerprint density at radius 2 is 1.95 bits per heavy atom. The molecule has 0 saturated carbocycles. The predicted octanol–water partition coefficient (Wildman–Crippen LogP) is 2.59. The zero-order valence-electron chi connectivity index (χ0n) is 11.3. The summed E-state index contributed by atoms with van der Waals surface area (Å²) in [6, 6.07) is 11.9. The van der Waals surface area contributed by atoms with E-state index in [1.807, 2.05) is 6.07 Å². The maximum Gasteiger partial charge on any atom is 0.292 e. The average molecular weight is 297 g/mol. The molecule has 0 unspecified atom stereocenters. The van der Waals surface area contributed by atoms with Crippen LogP contribution in [0.4, 0.5) is 8.78 Å². The molecule has 0 aliphatic heterocycles. The summed E-state index contributed by atoms with van der Waals surface area (Å²) in [5, 5.41) is 9.04. The maximum absolute atomic E-state index is 14.1. The molecule has 6 heteroatoms. The molecular formula is C16H9F2N3O. The van der Waals surface area contributed by atoms with Crippen LogP contribution in [-0.2, 0) is 6.54 Å². The van der Waals surface area contributed by atoms with Gasteiger partial charge in [-0.1, -0.05) is 18.2 Å². The molecule has 3 rings (SSSR count). The first kappa shape index (κ1) is 13.9. The fourth-order valence-corrected chi connectivity index (χ4v) is 2.24. The second-order valence-electron chi connectivity index (χ2n) is 4.70. The van der Waals surface area contributed by atoms with Crippen molar-refractivity contribution >= 4 is 10.9 Å². The van der Waals surface area contributed by atoms with Crippen molar-refractivity contribution in [3.63, 3.8) is 0 Å². The molecule has 0 fully saturated rings. The van der Waals surface area contributed by atoms with Gasteiger partial charge in [-0.3, -0.25) is 9.36 Å². The van der Waals surface area contributed by atoms with Crippen molar-refractivity contribution in [2.24, 2.45) is 0 Å².